The maximum atomic E-state index is 13.0. The van der Waals surface area contributed by atoms with Gasteiger partial charge in [-0.3, -0.25) is 14.0 Å². The van der Waals surface area contributed by atoms with E-state index in [1.54, 1.807) is 17.9 Å². The summed E-state index contributed by atoms with van der Waals surface area (Å²) in [4.78, 5) is 28.1. The van der Waals surface area contributed by atoms with E-state index in [-0.39, 0.29) is 29.1 Å². The van der Waals surface area contributed by atoms with Crippen molar-refractivity contribution in [1.82, 2.24) is 24.1 Å². The Balaban J connectivity index is 1.82. The predicted octanol–water partition coefficient (Wildman–Crippen LogP) is 0.142. The molecule has 0 saturated heterocycles. The molecule has 1 fully saturated rings. The molecule has 1 unspecified atom stereocenters. The van der Waals surface area contributed by atoms with Crippen LogP contribution in [0.4, 0.5) is 0 Å². The Morgan fingerprint density at radius 3 is 2.72 bits per heavy atom. The first-order valence-corrected chi connectivity index (χ1v) is 10.6. The molecule has 0 aromatic carbocycles. The number of nitriles is 1. The number of allylic oxidation sites excluding steroid dienone is 1. The number of nitrogens with one attached hydrogen (secondary N) is 2. The van der Waals surface area contributed by atoms with Crippen molar-refractivity contribution in [3.05, 3.63) is 55.0 Å². The van der Waals surface area contributed by atoms with Crippen LogP contribution in [0, 0.1) is 11.3 Å². The number of hydrogen-bond acceptors (Lipinski definition) is 6. The fourth-order valence-electron chi connectivity index (χ4n) is 3.40. The smallest absolute Gasteiger partial charge is 0.309 e. The summed E-state index contributed by atoms with van der Waals surface area (Å²) in [5.74, 6) is -0.929. The Bertz CT molecular complexity index is 1290. The molecule has 2 aromatic rings. The molecule has 2 aliphatic carbocycles. The molecule has 1 atom stereocenters. The van der Waals surface area contributed by atoms with Crippen molar-refractivity contribution in [2.45, 2.75) is 44.2 Å². The topological polar surface area (TPSA) is 143 Å². The third-order valence-corrected chi connectivity index (χ3v) is 7.03. The lowest BCUT2D eigenvalue weighted by Crippen LogP contribution is -2.40. The summed E-state index contributed by atoms with van der Waals surface area (Å²) in [5, 5.41) is 13.5. The van der Waals surface area contributed by atoms with Gasteiger partial charge in [-0.2, -0.15) is 10.4 Å². The second-order valence-corrected chi connectivity index (χ2v) is 9.57. The number of hydrogen-bond donors (Lipinski definition) is 2. The number of rotatable bonds is 5. The van der Waals surface area contributed by atoms with Crippen LogP contribution in [-0.4, -0.2) is 33.3 Å². The van der Waals surface area contributed by atoms with Gasteiger partial charge >= 0.3 is 5.69 Å². The third-order valence-electron chi connectivity index (χ3n) is 5.29. The van der Waals surface area contributed by atoms with Gasteiger partial charge < -0.3 is 4.98 Å². The number of aryl methyl sites for hydroxylation is 1. The van der Waals surface area contributed by atoms with Crippen LogP contribution >= 0.6 is 0 Å². The molecule has 11 heteroatoms. The average molecular weight is 416 g/mol. The summed E-state index contributed by atoms with van der Waals surface area (Å²) in [6.45, 7) is 1.79. The van der Waals surface area contributed by atoms with Crippen LogP contribution in [0.3, 0.4) is 0 Å². The number of fused-ring (bicyclic) bond motifs is 1. The number of H-pyrrole nitrogens is 1. The maximum Gasteiger partial charge on any atom is 0.328 e. The van der Waals surface area contributed by atoms with Crippen molar-refractivity contribution >= 4 is 16.1 Å². The lowest BCUT2D eigenvalue weighted by atomic mass is 9.93. The molecule has 2 N–H and O–H groups in total. The molecule has 1 saturated carbocycles. The first-order chi connectivity index (χ1) is 13.6. The fraction of sp³-hybridized carbons (Fsp3) is 0.444. The quantitative estimate of drug-likeness (QED) is 0.710. The van der Waals surface area contributed by atoms with Crippen molar-refractivity contribution < 1.29 is 8.42 Å². The Morgan fingerprint density at radius 1 is 1.41 bits per heavy atom. The highest BCUT2D eigenvalue weighted by molar-refractivity contribution is 7.93. The van der Waals surface area contributed by atoms with Gasteiger partial charge in [-0.05, 0) is 25.8 Å². The van der Waals surface area contributed by atoms with E-state index in [1.807, 2.05) is 13.0 Å². The van der Waals surface area contributed by atoms with Crippen LogP contribution < -0.4 is 16.0 Å². The highest BCUT2D eigenvalue weighted by atomic mass is 32.2. The first kappa shape index (κ1) is 19.4. The Hall–Kier alpha value is -2.97. The molecule has 10 nitrogen and oxygen atoms in total. The zero-order chi connectivity index (χ0) is 21.0. The van der Waals surface area contributed by atoms with Crippen molar-refractivity contribution in [2.75, 3.05) is 0 Å². The SMILES string of the molecule is Cn1cc(Cn2c(=O)[nH]c3c(c2=O)C=C(S(=O)(=O)NC2(C)CC2)CC3C#N)cn1. The number of nitrogens with zero attached hydrogens (tertiary/aromatic N) is 4. The van der Waals surface area contributed by atoms with E-state index in [2.05, 4.69) is 14.8 Å². The molecule has 29 heavy (non-hydrogen) atoms. The standard InChI is InChI=1S/C18H20N6O4S/c1-18(3-4-18)22-29(27,28)13-5-12(7-19)15-14(6-13)16(25)24(17(26)21-15)10-11-8-20-23(2)9-11/h6,8-9,12,22H,3-5,10H2,1-2H3,(H,21,26). The number of aromatic nitrogens is 4. The van der Waals surface area contributed by atoms with E-state index in [1.165, 1.54) is 12.3 Å². The van der Waals surface area contributed by atoms with E-state index in [0.717, 1.165) is 17.4 Å². The second kappa shape index (κ2) is 6.53. The molecule has 4 rings (SSSR count). The number of aromatic amines is 1. The van der Waals surface area contributed by atoms with Crippen molar-refractivity contribution in [3.63, 3.8) is 0 Å². The fourth-order valence-corrected chi connectivity index (χ4v) is 5.04. The lowest BCUT2D eigenvalue weighted by Gasteiger charge is -2.22. The summed E-state index contributed by atoms with van der Waals surface area (Å²) in [6, 6.07) is 2.00. The van der Waals surface area contributed by atoms with E-state index >= 15 is 0 Å². The molecule has 152 valence electrons. The molecule has 0 spiro atoms. The molecule has 2 aliphatic rings. The Morgan fingerprint density at radius 2 is 2.14 bits per heavy atom. The molecule has 0 bridgehead atoms. The highest BCUT2D eigenvalue weighted by Gasteiger charge is 2.43. The van der Waals surface area contributed by atoms with Gasteiger partial charge in [0, 0.05) is 36.5 Å². The van der Waals surface area contributed by atoms with Gasteiger partial charge in [0.2, 0.25) is 10.0 Å². The molecular formula is C18H20N6O4S. The van der Waals surface area contributed by atoms with Crippen LogP contribution in [0.15, 0.2) is 26.9 Å². The van der Waals surface area contributed by atoms with Crippen LogP contribution in [0.25, 0.3) is 6.08 Å². The summed E-state index contributed by atoms with van der Waals surface area (Å²) >= 11 is 0. The largest absolute Gasteiger partial charge is 0.328 e. The van der Waals surface area contributed by atoms with E-state index in [4.69, 9.17) is 0 Å². The van der Waals surface area contributed by atoms with E-state index < -0.39 is 32.7 Å². The normalized spacial score (nSPS) is 19.9. The van der Waals surface area contributed by atoms with Crippen LogP contribution in [0.5, 0.6) is 0 Å². The summed E-state index contributed by atoms with van der Waals surface area (Å²) in [6.07, 6.45) is 5.86. The minimum Gasteiger partial charge on any atom is -0.309 e. The predicted molar refractivity (Wildman–Crippen MR) is 104 cm³/mol. The van der Waals surface area contributed by atoms with Gasteiger partial charge in [-0.25, -0.2) is 17.9 Å². The summed E-state index contributed by atoms with van der Waals surface area (Å²) in [5.41, 5.74) is -0.950. The van der Waals surface area contributed by atoms with Gasteiger partial charge in [-0.15, -0.1) is 0 Å². The zero-order valence-electron chi connectivity index (χ0n) is 16.0. The molecular weight excluding hydrogens is 396 g/mol. The van der Waals surface area contributed by atoms with Crippen LogP contribution in [0.2, 0.25) is 0 Å². The highest BCUT2D eigenvalue weighted by Crippen LogP contribution is 2.38. The van der Waals surface area contributed by atoms with Crippen molar-refractivity contribution in [3.8, 4) is 6.07 Å². The van der Waals surface area contributed by atoms with Gasteiger partial charge in [0.25, 0.3) is 5.56 Å². The molecule has 0 aliphatic heterocycles. The van der Waals surface area contributed by atoms with Gasteiger partial charge in [0.15, 0.2) is 0 Å². The molecule has 2 heterocycles. The molecule has 0 radical (unpaired) electrons. The third kappa shape index (κ3) is 3.56. The lowest BCUT2D eigenvalue weighted by molar-refractivity contribution is 0.561. The first-order valence-electron chi connectivity index (χ1n) is 9.11. The Labute approximate surface area is 166 Å². The number of sulfonamides is 1. The van der Waals surface area contributed by atoms with Crippen LogP contribution in [0.1, 0.15) is 48.9 Å². The van der Waals surface area contributed by atoms with Crippen LogP contribution in [-0.2, 0) is 23.6 Å². The minimum atomic E-state index is -3.85. The van der Waals surface area contributed by atoms with E-state index in [0.29, 0.717) is 5.56 Å². The molecule has 2 aromatic heterocycles. The van der Waals surface area contributed by atoms with Crippen molar-refractivity contribution in [1.29, 1.82) is 5.26 Å². The zero-order valence-corrected chi connectivity index (χ0v) is 16.8. The summed E-state index contributed by atoms with van der Waals surface area (Å²) in [7, 11) is -2.14. The van der Waals surface area contributed by atoms with Gasteiger partial charge in [-0.1, -0.05) is 0 Å². The summed E-state index contributed by atoms with van der Waals surface area (Å²) < 4.78 is 30.7. The minimum absolute atomic E-state index is 0.0151. The Kier molecular flexibility index (Phi) is 4.36. The molecule has 0 amide bonds. The van der Waals surface area contributed by atoms with Crippen molar-refractivity contribution in [2.24, 2.45) is 7.05 Å². The second-order valence-electron chi connectivity index (χ2n) is 7.83. The van der Waals surface area contributed by atoms with E-state index in [9.17, 15) is 23.3 Å². The monoisotopic (exact) mass is 416 g/mol. The van der Waals surface area contributed by atoms with Gasteiger partial charge in [0.1, 0.15) is 0 Å². The van der Waals surface area contributed by atoms with Gasteiger partial charge in [0.05, 0.1) is 35.2 Å². The average Bonchev–Trinajstić information content (AvgIpc) is 3.22. The maximum absolute atomic E-state index is 13.0.